The van der Waals surface area contributed by atoms with Crippen LogP contribution in [-0.2, 0) is 15.1 Å². The normalized spacial score (nSPS) is 28.3. The van der Waals surface area contributed by atoms with Gasteiger partial charge in [-0.1, -0.05) is 37.3 Å². The molecule has 0 amide bonds. The van der Waals surface area contributed by atoms with Crippen LogP contribution in [-0.4, -0.2) is 30.5 Å². The maximum atomic E-state index is 11.7. The van der Waals surface area contributed by atoms with E-state index in [0.717, 1.165) is 18.5 Å². The van der Waals surface area contributed by atoms with Crippen molar-refractivity contribution in [2.75, 3.05) is 13.6 Å². The number of benzene rings is 1. The van der Waals surface area contributed by atoms with Crippen LogP contribution in [0.5, 0.6) is 0 Å². The minimum Gasteiger partial charge on any atom is -0.453 e. The van der Waals surface area contributed by atoms with Crippen LogP contribution < -0.4 is 0 Å². The van der Waals surface area contributed by atoms with Gasteiger partial charge in [0, 0.05) is 25.4 Å². The molecule has 0 N–H and O–H groups in total. The summed E-state index contributed by atoms with van der Waals surface area (Å²) in [5.41, 5.74) is 0.630. The molecule has 1 aromatic carbocycles. The van der Waals surface area contributed by atoms with Crippen LogP contribution in [0, 0.1) is 0 Å². The van der Waals surface area contributed by atoms with E-state index in [1.807, 2.05) is 25.1 Å². The van der Waals surface area contributed by atoms with E-state index >= 15 is 0 Å². The first-order valence-electron chi connectivity index (χ1n) is 6.55. The predicted molar refractivity (Wildman–Crippen MR) is 71.2 cm³/mol. The standard InChI is InChI=1S/C15H21NO2/c1-4-14(17)18-15(10-12(2)16(3)11-15)13-8-6-5-7-9-13/h5-9,12H,4,10-11H2,1-3H3. The number of nitrogens with zero attached hydrogens (tertiary/aromatic N) is 1. The zero-order valence-electron chi connectivity index (χ0n) is 11.3. The Bertz CT molecular complexity index is 406. The van der Waals surface area contributed by atoms with Crippen LogP contribution in [0.25, 0.3) is 0 Å². The number of esters is 1. The van der Waals surface area contributed by atoms with Gasteiger partial charge in [0.1, 0.15) is 0 Å². The maximum absolute atomic E-state index is 11.7. The minimum absolute atomic E-state index is 0.124. The molecule has 1 fully saturated rings. The molecule has 2 unspecified atom stereocenters. The molecule has 2 rings (SSSR count). The summed E-state index contributed by atoms with van der Waals surface area (Å²) in [5.74, 6) is -0.124. The molecule has 0 saturated carbocycles. The Labute approximate surface area is 109 Å². The number of likely N-dealkylation sites (N-methyl/N-ethyl adjacent to an activating group) is 1. The Hall–Kier alpha value is -1.35. The highest BCUT2D eigenvalue weighted by atomic mass is 16.6. The van der Waals surface area contributed by atoms with Crippen molar-refractivity contribution in [3.05, 3.63) is 35.9 Å². The molecule has 0 spiro atoms. The SMILES string of the molecule is CCC(=O)OC1(c2ccccc2)CC(C)N(C)C1. The summed E-state index contributed by atoms with van der Waals surface area (Å²) in [6, 6.07) is 10.5. The Kier molecular flexibility index (Phi) is 3.71. The fraction of sp³-hybridized carbons (Fsp3) is 0.533. The molecule has 0 radical (unpaired) electrons. The van der Waals surface area contributed by atoms with Crippen LogP contribution in [0.4, 0.5) is 0 Å². The van der Waals surface area contributed by atoms with Crippen molar-refractivity contribution < 1.29 is 9.53 Å². The molecular formula is C15H21NO2. The van der Waals surface area contributed by atoms with Crippen molar-refractivity contribution in [3.63, 3.8) is 0 Å². The highest BCUT2D eigenvalue weighted by molar-refractivity contribution is 5.69. The lowest BCUT2D eigenvalue weighted by molar-refractivity contribution is -0.159. The maximum Gasteiger partial charge on any atom is 0.306 e. The van der Waals surface area contributed by atoms with Gasteiger partial charge in [0.15, 0.2) is 5.60 Å². The molecule has 1 saturated heterocycles. The second-order valence-electron chi connectivity index (χ2n) is 5.16. The summed E-state index contributed by atoms with van der Waals surface area (Å²) >= 11 is 0. The lowest BCUT2D eigenvalue weighted by Crippen LogP contribution is -2.35. The van der Waals surface area contributed by atoms with Gasteiger partial charge in [0.05, 0.1) is 0 Å². The van der Waals surface area contributed by atoms with Crippen LogP contribution in [0.1, 0.15) is 32.3 Å². The smallest absolute Gasteiger partial charge is 0.306 e. The highest BCUT2D eigenvalue weighted by Crippen LogP contribution is 2.38. The zero-order valence-corrected chi connectivity index (χ0v) is 11.3. The van der Waals surface area contributed by atoms with Crippen LogP contribution >= 0.6 is 0 Å². The molecule has 3 nitrogen and oxygen atoms in total. The van der Waals surface area contributed by atoms with E-state index in [-0.39, 0.29) is 5.97 Å². The van der Waals surface area contributed by atoms with E-state index in [0.29, 0.717) is 12.5 Å². The predicted octanol–water partition coefficient (Wildman–Crippen LogP) is 2.56. The van der Waals surface area contributed by atoms with Gasteiger partial charge in [-0.2, -0.15) is 0 Å². The summed E-state index contributed by atoms with van der Waals surface area (Å²) in [5, 5.41) is 0. The second-order valence-corrected chi connectivity index (χ2v) is 5.16. The first-order chi connectivity index (χ1) is 8.57. The van der Waals surface area contributed by atoms with Gasteiger partial charge in [-0.3, -0.25) is 9.69 Å². The third kappa shape index (κ3) is 2.41. The number of hydrogen-bond donors (Lipinski definition) is 0. The molecule has 0 bridgehead atoms. The fourth-order valence-electron chi connectivity index (χ4n) is 2.63. The van der Waals surface area contributed by atoms with Gasteiger partial charge in [0.25, 0.3) is 0 Å². The van der Waals surface area contributed by atoms with E-state index in [1.165, 1.54) is 0 Å². The number of carbonyl (C=O) groups excluding carboxylic acids is 1. The fourth-order valence-corrected chi connectivity index (χ4v) is 2.63. The summed E-state index contributed by atoms with van der Waals surface area (Å²) in [6.07, 6.45) is 1.28. The topological polar surface area (TPSA) is 29.5 Å². The molecule has 3 heteroatoms. The molecule has 18 heavy (non-hydrogen) atoms. The van der Waals surface area contributed by atoms with Crippen LogP contribution in [0.15, 0.2) is 30.3 Å². The van der Waals surface area contributed by atoms with Gasteiger partial charge >= 0.3 is 5.97 Å². The van der Waals surface area contributed by atoms with Gasteiger partial charge in [-0.05, 0) is 19.5 Å². The number of likely N-dealkylation sites (tertiary alicyclic amines) is 1. The third-order valence-electron chi connectivity index (χ3n) is 3.78. The average molecular weight is 247 g/mol. The summed E-state index contributed by atoms with van der Waals surface area (Å²) < 4.78 is 5.79. The summed E-state index contributed by atoms with van der Waals surface area (Å²) in [7, 11) is 2.08. The van der Waals surface area contributed by atoms with Crippen molar-refractivity contribution >= 4 is 5.97 Å². The van der Waals surface area contributed by atoms with Gasteiger partial charge in [0.2, 0.25) is 0 Å². The Morgan fingerprint density at radius 3 is 2.61 bits per heavy atom. The number of hydrogen-bond acceptors (Lipinski definition) is 3. The van der Waals surface area contributed by atoms with E-state index < -0.39 is 5.60 Å². The van der Waals surface area contributed by atoms with Crippen LogP contribution in [0.2, 0.25) is 0 Å². The lowest BCUT2D eigenvalue weighted by atomic mass is 9.91. The summed E-state index contributed by atoms with van der Waals surface area (Å²) in [4.78, 5) is 14.0. The molecular weight excluding hydrogens is 226 g/mol. The Balaban J connectivity index is 2.32. The van der Waals surface area contributed by atoms with Crippen molar-refractivity contribution in [1.29, 1.82) is 0 Å². The monoisotopic (exact) mass is 247 g/mol. The Morgan fingerprint density at radius 1 is 1.44 bits per heavy atom. The molecule has 1 aliphatic heterocycles. The first-order valence-corrected chi connectivity index (χ1v) is 6.55. The van der Waals surface area contributed by atoms with Gasteiger partial charge < -0.3 is 4.74 Å². The molecule has 2 atom stereocenters. The molecule has 98 valence electrons. The van der Waals surface area contributed by atoms with Crippen LogP contribution in [0.3, 0.4) is 0 Å². The average Bonchev–Trinajstić information content (AvgIpc) is 2.67. The second kappa shape index (κ2) is 5.11. The number of carbonyl (C=O) groups is 1. The van der Waals surface area contributed by atoms with Gasteiger partial charge in [-0.25, -0.2) is 0 Å². The summed E-state index contributed by atoms with van der Waals surface area (Å²) in [6.45, 7) is 4.78. The number of rotatable bonds is 3. The molecule has 1 heterocycles. The largest absolute Gasteiger partial charge is 0.453 e. The zero-order chi connectivity index (χ0) is 13.2. The van der Waals surface area contributed by atoms with Gasteiger partial charge in [-0.15, -0.1) is 0 Å². The van der Waals surface area contributed by atoms with E-state index in [9.17, 15) is 4.79 Å². The molecule has 1 aliphatic rings. The molecule has 0 aromatic heterocycles. The Morgan fingerprint density at radius 2 is 2.11 bits per heavy atom. The van der Waals surface area contributed by atoms with Crippen molar-refractivity contribution in [1.82, 2.24) is 4.90 Å². The minimum atomic E-state index is -0.470. The van der Waals surface area contributed by atoms with Crippen molar-refractivity contribution in [3.8, 4) is 0 Å². The van der Waals surface area contributed by atoms with E-state index in [4.69, 9.17) is 4.74 Å². The van der Waals surface area contributed by atoms with E-state index in [1.54, 1.807) is 0 Å². The lowest BCUT2D eigenvalue weighted by Gasteiger charge is -2.29. The first kappa shape index (κ1) is 13.1. The number of ether oxygens (including phenoxy) is 1. The molecule has 1 aromatic rings. The van der Waals surface area contributed by atoms with Crippen molar-refractivity contribution in [2.45, 2.75) is 38.3 Å². The third-order valence-corrected chi connectivity index (χ3v) is 3.78. The highest BCUT2D eigenvalue weighted by Gasteiger charge is 2.45. The van der Waals surface area contributed by atoms with Crippen molar-refractivity contribution in [2.24, 2.45) is 0 Å². The molecule has 0 aliphatic carbocycles. The van der Waals surface area contributed by atoms with E-state index in [2.05, 4.69) is 31.0 Å². The quantitative estimate of drug-likeness (QED) is 0.769.